The van der Waals surface area contributed by atoms with Gasteiger partial charge in [-0.1, -0.05) is 6.42 Å². The first-order chi connectivity index (χ1) is 7.91. The fourth-order valence-corrected chi connectivity index (χ4v) is 4.71. The molecule has 5 nitrogen and oxygen atoms in total. The molecule has 1 heterocycles. The lowest BCUT2D eigenvalue weighted by molar-refractivity contribution is -0.143. The Bertz CT molecular complexity index is 406. The largest absolute Gasteiger partial charge is 0.481 e. The van der Waals surface area contributed by atoms with Gasteiger partial charge in [0, 0.05) is 18.6 Å². The van der Waals surface area contributed by atoms with Crippen molar-refractivity contribution in [3.05, 3.63) is 0 Å². The summed E-state index contributed by atoms with van der Waals surface area (Å²) in [6.07, 6.45) is 2.52. The smallest absolute Gasteiger partial charge is 0.308 e. The summed E-state index contributed by atoms with van der Waals surface area (Å²) in [5, 5.41) is 9.16. The molecular formula is C11H19NO4S. The van der Waals surface area contributed by atoms with Crippen molar-refractivity contribution >= 4 is 15.8 Å². The second-order valence-electron chi connectivity index (χ2n) is 5.14. The van der Waals surface area contributed by atoms with Gasteiger partial charge in [0.2, 0.25) is 0 Å². The average Bonchev–Trinajstić information content (AvgIpc) is 2.64. The molecule has 1 N–H and O–H groups in total. The van der Waals surface area contributed by atoms with E-state index in [4.69, 9.17) is 5.11 Å². The molecule has 2 aliphatic rings. The highest BCUT2D eigenvalue weighted by Gasteiger charge is 2.41. The van der Waals surface area contributed by atoms with Crippen LogP contribution in [-0.4, -0.2) is 54.5 Å². The minimum atomic E-state index is -2.92. The van der Waals surface area contributed by atoms with E-state index in [0.717, 1.165) is 19.3 Å². The van der Waals surface area contributed by atoms with Gasteiger partial charge in [-0.25, -0.2) is 8.42 Å². The van der Waals surface area contributed by atoms with Crippen molar-refractivity contribution in [1.82, 2.24) is 4.90 Å². The Kier molecular flexibility index (Phi) is 3.45. The molecule has 1 aliphatic heterocycles. The van der Waals surface area contributed by atoms with Gasteiger partial charge in [-0.05, 0) is 19.8 Å². The van der Waals surface area contributed by atoms with Gasteiger partial charge in [0.05, 0.1) is 17.4 Å². The molecule has 17 heavy (non-hydrogen) atoms. The van der Waals surface area contributed by atoms with Crippen LogP contribution in [0.5, 0.6) is 0 Å². The van der Waals surface area contributed by atoms with E-state index in [-0.39, 0.29) is 29.5 Å². The number of carboxylic acid groups (broad SMARTS) is 1. The zero-order valence-electron chi connectivity index (χ0n) is 10.0. The van der Waals surface area contributed by atoms with E-state index in [1.807, 2.05) is 6.92 Å². The number of sulfone groups is 1. The van der Waals surface area contributed by atoms with Crippen LogP contribution in [0.25, 0.3) is 0 Å². The van der Waals surface area contributed by atoms with Crippen LogP contribution in [0.15, 0.2) is 0 Å². The molecule has 0 amide bonds. The van der Waals surface area contributed by atoms with Gasteiger partial charge in [0.1, 0.15) is 0 Å². The Morgan fingerprint density at radius 3 is 2.65 bits per heavy atom. The Hall–Kier alpha value is -0.620. The third-order valence-corrected chi connectivity index (χ3v) is 5.74. The van der Waals surface area contributed by atoms with E-state index < -0.39 is 15.8 Å². The van der Waals surface area contributed by atoms with Gasteiger partial charge < -0.3 is 5.11 Å². The topological polar surface area (TPSA) is 74.7 Å². The third kappa shape index (κ3) is 2.63. The maximum absolute atomic E-state index is 11.5. The molecular weight excluding hydrogens is 242 g/mol. The number of rotatable bonds is 2. The van der Waals surface area contributed by atoms with Gasteiger partial charge in [0.25, 0.3) is 0 Å². The van der Waals surface area contributed by atoms with E-state index >= 15 is 0 Å². The maximum Gasteiger partial charge on any atom is 0.308 e. The minimum absolute atomic E-state index is 0.0259. The lowest BCUT2D eigenvalue weighted by Gasteiger charge is -2.39. The lowest BCUT2D eigenvalue weighted by atomic mass is 10.0. The predicted molar refractivity (Wildman–Crippen MR) is 63.6 cm³/mol. The van der Waals surface area contributed by atoms with Crippen LogP contribution in [0.2, 0.25) is 0 Å². The highest BCUT2D eigenvalue weighted by atomic mass is 32.2. The minimum Gasteiger partial charge on any atom is -0.481 e. The van der Waals surface area contributed by atoms with Crippen molar-refractivity contribution in [2.45, 2.75) is 38.3 Å². The van der Waals surface area contributed by atoms with E-state index in [0.29, 0.717) is 6.54 Å². The highest BCUT2D eigenvalue weighted by Crippen LogP contribution is 2.32. The summed E-state index contributed by atoms with van der Waals surface area (Å²) in [5.41, 5.74) is 0. The molecule has 2 fully saturated rings. The number of hydrogen-bond donors (Lipinski definition) is 1. The monoisotopic (exact) mass is 261 g/mol. The predicted octanol–water partition coefficient (Wildman–Crippen LogP) is 0.359. The number of carboxylic acids is 1. The van der Waals surface area contributed by atoms with Gasteiger partial charge >= 0.3 is 5.97 Å². The summed E-state index contributed by atoms with van der Waals surface area (Å²) >= 11 is 0. The second kappa shape index (κ2) is 4.57. The molecule has 0 bridgehead atoms. The SMILES string of the molecule is CC1CS(=O)(=O)CCN1C1CCCC1C(=O)O. The summed E-state index contributed by atoms with van der Waals surface area (Å²) in [6, 6.07) is -0.0308. The van der Waals surface area contributed by atoms with Crippen LogP contribution < -0.4 is 0 Å². The fourth-order valence-electron chi connectivity index (χ4n) is 3.13. The number of hydrogen-bond acceptors (Lipinski definition) is 4. The lowest BCUT2D eigenvalue weighted by Crippen LogP contribution is -2.53. The summed E-state index contributed by atoms with van der Waals surface area (Å²) in [6.45, 7) is 2.37. The van der Waals surface area contributed by atoms with Crippen LogP contribution in [-0.2, 0) is 14.6 Å². The van der Waals surface area contributed by atoms with E-state index in [1.54, 1.807) is 0 Å². The van der Waals surface area contributed by atoms with Crippen molar-refractivity contribution < 1.29 is 18.3 Å². The molecule has 3 atom stereocenters. The first-order valence-electron chi connectivity index (χ1n) is 6.10. The zero-order chi connectivity index (χ0) is 12.6. The van der Waals surface area contributed by atoms with Crippen LogP contribution in [0, 0.1) is 5.92 Å². The molecule has 3 unspecified atom stereocenters. The van der Waals surface area contributed by atoms with Crippen molar-refractivity contribution in [3.63, 3.8) is 0 Å². The molecule has 0 aromatic heterocycles. The molecule has 98 valence electrons. The van der Waals surface area contributed by atoms with Crippen molar-refractivity contribution in [1.29, 1.82) is 0 Å². The highest BCUT2D eigenvalue weighted by molar-refractivity contribution is 7.91. The van der Waals surface area contributed by atoms with Crippen molar-refractivity contribution in [2.24, 2.45) is 5.92 Å². The number of nitrogens with zero attached hydrogens (tertiary/aromatic N) is 1. The first kappa shape index (κ1) is 12.8. The summed E-state index contributed by atoms with van der Waals surface area (Å²) in [7, 11) is -2.92. The number of carbonyl (C=O) groups is 1. The summed E-state index contributed by atoms with van der Waals surface area (Å²) in [5.74, 6) is -0.734. The van der Waals surface area contributed by atoms with Gasteiger partial charge in [-0.3, -0.25) is 9.69 Å². The zero-order valence-corrected chi connectivity index (χ0v) is 10.8. The van der Waals surface area contributed by atoms with Crippen LogP contribution in [0.4, 0.5) is 0 Å². The van der Waals surface area contributed by atoms with Crippen molar-refractivity contribution in [2.75, 3.05) is 18.1 Å². The first-order valence-corrected chi connectivity index (χ1v) is 7.92. The Morgan fingerprint density at radius 2 is 2.06 bits per heavy atom. The molecule has 1 saturated carbocycles. The van der Waals surface area contributed by atoms with Crippen LogP contribution in [0.3, 0.4) is 0 Å². The van der Waals surface area contributed by atoms with Crippen LogP contribution in [0.1, 0.15) is 26.2 Å². The Balaban J connectivity index is 2.10. The van der Waals surface area contributed by atoms with E-state index in [9.17, 15) is 13.2 Å². The van der Waals surface area contributed by atoms with Gasteiger partial charge in [-0.2, -0.15) is 0 Å². The average molecular weight is 261 g/mol. The summed E-state index contributed by atoms with van der Waals surface area (Å²) in [4.78, 5) is 13.2. The van der Waals surface area contributed by atoms with Crippen molar-refractivity contribution in [3.8, 4) is 0 Å². The summed E-state index contributed by atoms with van der Waals surface area (Å²) < 4.78 is 23.0. The number of aliphatic carboxylic acids is 1. The van der Waals surface area contributed by atoms with Gasteiger partial charge in [0.15, 0.2) is 9.84 Å². The molecule has 0 radical (unpaired) electrons. The van der Waals surface area contributed by atoms with Crippen LogP contribution >= 0.6 is 0 Å². The fraction of sp³-hybridized carbons (Fsp3) is 0.909. The Labute approximate surface area is 102 Å². The molecule has 2 rings (SSSR count). The molecule has 6 heteroatoms. The van der Waals surface area contributed by atoms with E-state index in [2.05, 4.69) is 4.90 Å². The second-order valence-corrected chi connectivity index (χ2v) is 7.37. The van der Waals surface area contributed by atoms with Gasteiger partial charge in [-0.15, -0.1) is 0 Å². The molecule has 1 saturated heterocycles. The Morgan fingerprint density at radius 1 is 1.35 bits per heavy atom. The third-order valence-electron chi connectivity index (χ3n) is 3.94. The normalized spacial score (nSPS) is 38.1. The molecule has 0 aromatic rings. The molecule has 1 aliphatic carbocycles. The maximum atomic E-state index is 11.5. The molecule has 0 spiro atoms. The quantitative estimate of drug-likeness (QED) is 0.777. The molecule has 0 aromatic carbocycles. The standard InChI is InChI=1S/C11H19NO4S/c1-8-7-17(15,16)6-5-12(8)10-4-2-3-9(10)11(13)14/h8-10H,2-7H2,1H3,(H,13,14). The van der Waals surface area contributed by atoms with E-state index in [1.165, 1.54) is 0 Å².